The standard InChI is InChI=1S/C10H17NOS/c1-8-6-10(13-9(8)2)7-11(3)4-5-12/h6,12H,4-5,7H2,1-3H3. The maximum absolute atomic E-state index is 8.74. The van der Waals surface area contributed by atoms with E-state index < -0.39 is 0 Å². The second-order valence-corrected chi connectivity index (χ2v) is 4.75. The molecule has 1 heterocycles. The normalized spacial score (nSPS) is 11.2. The van der Waals surface area contributed by atoms with Gasteiger partial charge in [0.1, 0.15) is 0 Å². The Bertz CT molecular complexity index is 250. The van der Waals surface area contributed by atoms with E-state index in [9.17, 15) is 0 Å². The highest BCUT2D eigenvalue weighted by Crippen LogP contribution is 2.21. The van der Waals surface area contributed by atoms with E-state index in [1.165, 1.54) is 15.3 Å². The van der Waals surface area contributed by atoms with E-state index in [1.54, 1.807) is 0 Å². The van der Waals surface area contributed by atoms with E-state index in [0.717, 1.165) is 13.1 Å². The molecule has 0 aliphatic heterocycles. The SMILES string of the molecule is Cc1cc(CN(C)CCO)sc1C. The van der Waals surface area contributed by atoms with Crippen molar-refractivity contribution >= 4 is 11.3 Å². The van der Waals surface area contributed by atoms with Gasteiger partial charge in [-0.3, -0.25) is 4.90 Å². The molecule has 0 bridgehead atoms. The van der Waals surface area contributed by atoms with Crippen LogP contribution in [0.4, 0.5) is 0 Å². The maximum Gasteiger partial charge on any atom is 0.0558 e. The molecule has 2 nitrogen and oxygen atoms in total. The lowest BCUT2D eigenvalue weighted by Gasteiger charge is -2.12. The van der Waals surface area contributed by atoms with Gasteiger partial charge in [-0.15, -0.1) is 11.3 Å². The third-order valence-electron chi connectivity index (χ3n) is 2.12. The maximum atomic E-state index is 8.74. The van der Waals surface area contributed by atoms with E-state index in [-0.39, 0.29) is 6.61 Å². The predicted molar refractivity (Wildman–Crippen MR) is 57.2 cm³/mol. The number of nitrogens with zero attached hydrogens (tertiary/aromatic N) is 1. The van der Waals surface area contributed by atoms with E-state index in [4.69, 9.17) is 5.11 Å². The minimum atomic E-state index is 0.236. The van der Waals surface area contributed by atoms with Crippen molar-refractivity contribution in [2.75, 3.05) is 20.2 Å². The first kappa shape index (κ1) is 10.7. The van der Waals surface area contributed by atoms with Crippen LogP contribution in [0.1, 0.15) is 15.3 Å². The molecule has 0 aliphatic rings. The van der Waals surface area contributed by atoms with Gasteiger partial charge in [0.15, 0.2) is 0 Å². The van der Waals surface area contributed by atoms with Crippen LogP contribution in [0, 0.1) is 13.8 Å². The molecule has 0 unspecified atom stereocenters. The summed E-state index contributed by atoms with van der Waals surface area (Å²) in [6.07, 6.45) is 0. The van der Waals surface area contributed by atoms with Crippen molar-refractivity contribution in [1.29, 1.82) is 0 Å². The second-order valence-electron chi connectivity index (χ2n) is 3.41. The Morgan fingerprint density at radius 2 is 2.15 bits per heavy atom. The van der Waals surface area contributed by atoms with E-state index >= 15 is 0 Å². The van der Waals surface area contributed by atoms with Gasteiger partial charge in [-0.1, -0.05) is 0 Å². The number of aryl methyl sites for hydroxylation is 2. The van der Waals surface area contributed by atoms with Gasteiger partial charge in [-0.25, -0.2) is 0 Å². The van der Waals surface area contributed by atoms with Gasteiger partial charge in [-0.2, -0.15) is 0 Å². The minimum Gasteiger partial charge on any atom is -0.395 e. The molecule has 0 saturated carbocycles. The van der Waals surface area contributed by atoms with Crippen LogP contribution >= 0.6 is 11.3 Å². The number of aliphatic hydroxyl groups excluding tert-OH is 1. The lowest BCUT2D eigenvalue weighted by molar-refractivity contribution is 0.218. The fraction of sp³-hybridized carbons (Fsp3) is 0.600. The highest BCUT2D eigenvalue weighted by molar-refractivity contribution is 7.12. The van der Waals surface area contributed by atoms with Crippen molar-refractivity contribution in [2.24, 2.45) is 0 Å². The van der Waals surface area contributed by atoms with Gasteiger partial charge in [0.05, 0.1) is 6.61 Å². The molecule has 13 heavy (non-hydrogen) atoms. The molecule has 0 saturated heterocycles. The van der Waals surface area contributed by atoms with Crippen LogP contribution in [0.5, 0.6) is 0 Å². The third kappa shape index (κ3) is 3.10. The predicted octanol–water partition coefficient (Wildman–Crippen LogP) is 1.79. The Morgan fingerprint density at radius 3 is 2.62 bits per heavy atom. The van der Waals surface area contributed by atoms with E-state index in [2.05, 4.69) is 24.8 Å². The molecule has 0 amide bonds. The molecular formula is C10H17NOS. The average Bonchev–Trinajstić information content (AvgIpc) is 2.31. The molecule has 0 spiro atoms. The van der Waals surface area contributed by atoms with Crippen molar-refractivity contribution < 1.29 is 5.11 Å². The van der Waals surface area contributed by atoms with E-state index in [0.29, 0.717) is 0 Å². The van der Waals surface area contributed by atoms with Crippen LogP contribution in [0.2, 0.25) is 0 Å². The van der Waals surface area contributed by atoms with Crippen molar-refractivity contribution in [3.63, 3.8) is 0 Å². The van der Waals surface area contributed by atoms with Gasteiger partial charge in [0.25, 0.3) is 0 Å². The molecule has 74 valence electrons. The first-order chi connectivity index (χ1) is 6.13. The minimum absolute atomic E-state index is 0.236. The third-order valence-corrected chi connectivity index (χ3v) is 3.26. The first-order valence-corrected chi connectivity index (χ1v) is 5.30. The van der Waals surface area contributed by atoms with Gasteiger partial charge in [-0.05, 0) is 32.5 Å². The number of hydrogen-bond donors (Lipinski definition) is 1. The summed E-state index contributed by atoms with van der Waals surface area (Å²) in [7, 11) is 2.03. The largest absolute Gasteiger partial charge is 0.395 e. The zero-order valence-corrected chi connectivity index (χ0v) is 9.32. The number of aliphatic hydroxyl groups is 1. The highest BCUT2D eigenvalue weighted by atomic mass is 32.1. The lowest BCUT2D eigenvalue weighted by atomic mass is 10.3. The molecule has 1 N–H and O–H groups in total. The van der Waals surface area contributed by atoms with Crippen molar-refractivity contribution in [3.8, 4) is 0 Å². The Labute approximate surface area is 83.8 Å². The molecule has 0 fully saturated rings. The number of likely N-dealkylation sites (N-methyl/N-ethyl adjacent to an activating group) is 1. The summed E-state index contributed by atoms with van der Waals surface area (Å²) in [5, 5.41) is 8.74. The molecule has 3 heteroatoms. The summed E-state index contributed by atoms with van der Waals surface area (Å²) in [6, 6.07) is 2.23. The van der Waals surface area contributed by atoms with Gasteiger partial charge in [0, 0.05) is 22.8 Å². The Balaban J connectivity index is 2.53. The highest BCUT2D eigenvalue weighted by Gasteiger charge is 2.04. The van der Waals surface area contributed by atoms with E-state index in [1.807, 2.05) is 18.4 Å². The van der Waals surface area contributed by atoms with Gasteiger partial charge >= 0.3 is 0 Å². The van der Waals surface area contributed by atoms with Crippen LogP contribution < -0.4 is 0 Å². The molecule has 0 aromatic carbocycles. The Morgan fingerprint density at radius 1 is 1.46 bits per heavy atom. The van der Waals surface area contributed by atoms with Crippen LogP contribution in [0.25, 0.3) is 0 Å². The van der Waals surface area contributed by atoms with Crippen molar-refractivity contribution in [3.05, 3.63) is 21.4 Å². The van der Waals surface area contributed by atoms with Gasteiger partial charge in [0.2, 0.25) is 0 Å². The molecule has 1 rings (SSSR count). The zero-order chi connectivity index (χ0) is 9.84. The van der Waals surface area contributed by atoms with Crippen LogP contribution in [0.15, 0.2) is 6.07 Å². The average molecular weight is 199 g/mol. The fourth-order valence-corrected chi connectivity index (χ4v) is 2.38. The monoisotopic (exact) mass is 199 g/mol. The summed E-state index contributed by atoms with van der Waals surface area (Å²) < 4.78 is 0. The lowest BCUT2D eigenvalue weighted by Crippen LogP contribution is -2.20. The molecule has 0 aliphatic carbocycles. The molecule has 1 aromatic heterocycles. The number of rotatable bonds is 4. The van der Waals surface area contributed by atoms with Crippen LogP contribution in [-0.2, 0) is 6.54 Å². The molecule has 1 aromatic rings. The van der Waals surface area contributed by atoms with Crippen LogP contribution in [-0.4, -0.2) is 30.2 Å². The molecular weight excluding hydrogens is 182 g/mol. The van der Waals surface area contributed by atoms with Crippen molar-refractivity contribution in [2.45, 2.75) is 20.4 Å². The van der Waals surface area contributed by atoms with Crippen molar-refractivity contribution in [1.82, 2.24) is 4.90 Å². The summed E-state index contributed by atoms with van der Waals surface area (Å²) in [4.78, 5) is 4.91. The Kier molecular flexibility index (Phi) is 3.90. The fourth-order valence-electron chi connectivity index (χ4n) is 1.24. The zero-order valence-electron chi connectivity index (χ0n) is 8.50. The van der Waals surface area contributed by atoms with Crippen LogP contribution in [0.3, 0.4) is 0 Å². The summed E-state index contributed by atoms with van der Waals surface area (Å²) in [5.41, 5.74) is 1.37. The van der Waals surface area contributed by atoms with Gasteiger partial charge < -0.3 is 5.11 Å². The number of thiophene rings is 1. The quantitative estimate of drug-likeness (QED) is 0.799. The summed E-state index contributed by atoms with van der Waals surface area (Å²) in [5.74, 6) is 0. The summed E-state index contributed by atoms with van der Waals surface area (Å²) >= 11 is 1.85. The Hall–Kier alpha value is -0.380. The number of hydrogen-bond acceptors (Lipinski definition) is 3. The molecule has 0 radical (unpaired) electrons. The topological polar surface area (TPSA) is 23.5 Å². The second kappa shape index (κ2) is 4.74. The smallest absolute Gasteiger partial charge is 0.0558 e. The first-order valence-electron chi connectivity index (χ1n) is 4.49. The summed E-state index contributed by atoms with van der Waals surface area (Å²) in [6.45, 7) is 6.21. The molecule has 0 atom stereocenters.